The van der Waals surface area contributed by atoms with Gasteiger partial charge >= 0.3 is 0 Å². The van der Waals surface area contributed by atoms with E-state index in [9.17, 15) is 9.59 Å². The lowest BCUT2D eigenvalue weighted by atomic mass is 10.1. The van der Waals surface area contributed by atoms with E-state index in [-0.39, 0.29) is 6.61 Å². The highest BCUT2D eigenvalue weighted by atomic mass is 79.9. The quantitative estimate of drug-likeness (QED) is 0.591. The number of hydrogen-bond acceptors (Lipinski definition) is 4. The number of nitrogens with one attached hydrogen (secondary N) is 2. The summed E-state index contributed by atoms with van der Waals surface area (Å²) >= 11 is 15.3. The van der Waals surface area contributed by atoms with E-state index in [4.69, 9.17) is 32.7 Å². The molecule has 0 fully saturated rings. The van der Waals surface area contributed by atoms with Crippen LogP contribution in [0.25, 0.3) is 0 Å². The minimum Gasteiger partial charge on any atom is -0.484 e. The van der Waals surface area contributed by atoms with Gasteiger partial charge < -0.3 is 9.47 Å². The summed E-state index contributed by atoms with van der Waals surface area (Å²) in [6.07, 6.45) is -0.847. The highest BCUT2D eigenvalue weighted by Gasteiger charge is 2.17. The van der Waals surface area contributed by atoms with Gasteiger partial charge in [-0.2, -0.15) is 0 Å². The van der Waals surface area contributed by atoms with Crippen LogP contribution in [0.5, 0.6) is 11.5 Å². The highest BCUT2D eigenvalue weighted by molar-refractivity contribution is 9.10. The number of amides is 2. The average Bonchev–Trinajstić information content (AvgIpc) is 2.64. The largest absolute Gasteiger partial charge is 0.484 e. The topological polar surface area (TPSA) is 76.7 Å². The SMILES string of the molecule is Cc1cc(OCC(=O)NNC(=O)C(C)Oc2ccc(Cl)cc2Br)cc(C)c1Cl. The second kappa shape index (κ2) is 10.0. The van der Waals surface area contributed by atoms with Crippen molar-refractivity contribution in [2.24, 2.45) is 0 Å². The van der Waals surface area contributed by atoms with E-state index >= 15 is 0 Å². The fraction of sp³-hybridized carbons (Fsp3) is 0.263. The Hall–Kier alpha value is -1.96. The number of carbonyl (C=O) groups is 2. The molecule has 2 aromatic rings. The Bertz CT molecular complexity index is 869. The second-order valence-corrected chi connectivity index (χ2v) is 7.70. The van der Waals surface area contributed by atoms with Gasteiger partial charge in [-0.05, 0) is 78.2 Å². The Morgan fingerprint density at radius 3 is 2.36 bits per heavy atom. The Balaban J connectivity index is 1.80. The molecule has 0 bridgehead atoms. The predicted molar refractivity (Wildman–Crippen MR) is 112 cm³/mol. The molecule has 0 spiro atoms. The van der Waals surface area contributed by atoms with Crippen LogP contribution >= 0.6 is 39.1 Å². The van der Waals surface area contributed by atoms with Crippen LogP contribution in [0.3, 0.4) is 0 Å². The van der Waals surface area contributed by atoms with Crippen LogP contribution in [0.15, 0.2) is 34.8 Å². The molecule has 2 rings (SSSR count). The molecule has 1 atom stereocenters. The Morgan fingerprint density at radius 2 is 1.75 bits per heavy atom. The van der Waals surface area contributed by atoms with Crippen molar-refractivity contribution in [2.45, 2.75) is 26.9 Å². The maximum atomic E-state index is 12.1. The van der Waals surface area contributed by atoms with Gasteiger partial charge in [0.1, 0.15) is 11.5 Å². The van der Waals surface area contributed by atoms with Crippen LogP contribution in [0.4, 0.5) is 0 Å². The molecule has 0 heterocycles. The van der Waals surface area contributed by atoms with Crippen molar-refractivity contribution >= 4 is 50.9 Å². The van der Waals surface area contributed by atoms with Crippen molar-refractivity contribution in [3.8, 4) is 11.5 Å². The number of hydrazine groups is 1. The number of hydrogen-bond donors (Lipinski definition) is 2. The van der Waals surface area contributed by atoms with Crippen LogP contribution in [-0.4, -0.2) is 24.5 Å². The van der Waals surface area contributed by atoms with Crippen LogP contribution < -0.4 is 20.3 Å². The molecule has 9 heteroatoms. The molecule has 1 unspecified atom stereocenters. The van der Waals surface area contributed by atoms with Crippen LogP contribution in [0, 0.1) is 13.8 Å². The molecule has 0 saturated carbocycles. The standard InChI is InChI=1S/C19H19BrCl2N2O4/c1-10-6-14(7-11(2)18(10)22)27-9-17(25)23-24-19(26)12(3)28-16-5-4-13(21)8-15(16)20/h4-8,12H,9H2,1-3H3,(H,23,25)(H,24,26). The lowest BCUT2D eigenvalue weighted by Crippen LogP contribution is -2.48. The van der Waals surface area contributed by atoms with Gasteiger partial charge in [0.2, 0.25) is 0 Å². The molecule has 28 heavy (non-hydrogen) atoms. The first-order valence-electron chi connectivity index (χ1n) is 8.27. The van der Waals surface area contributed by atoms with E-state index < -0.39 is 17.9 Å². The fourth-order valence-electron chi connectivity index (χ4n) is 2.22. The van der Waals surface area contributed by atoms with Crippen molar-refractivity contribution < 1.29 is 19.1 Å². The molecule has 2 aromatic carbocycles. The summed E-state index contributed by atoms with van der Waals surface area (Å²) in [7, 11) is 0. The minimum atomic E-state index is -0.847. The number of benzene rings is 2. The van der Waals surface area contributed by atoms with Crippen molar-refractivity contribution in [2.75, 3.05) is 6.61 Å². The minimum absolute atomic E-state index is 0.265. The van der Waals surface area contributed by atoms with E-state index in [1.807, 2.05) is 13.8 Å². The Morgan fingerprint density at radius 1 is 1.11 bits per heavy atom. The van der Waals surface area contributed by atoms with Gasteiger partial charge in [-0.3, -0.25) is 20.4 Å². The average molecular weight is 490 g/mol. The molecular formula is C19H19BrCl2N2O4. The van der Waals surface area contributed by atoms with Gasteiger partial charge in [0.05, 0.1) is 4.47 Å². The van der Waals surface area contributed by atoms with Gasteiger partial charge in [0.25, 0.3) is 11.8 Å². The third-order valence-electron chi connectivity index (χ3n) is 3.67. The van der Waals surface area contributed by atoms with E-state index in [1.165, 1.54) is 0 Å². The molecule has 0 aliphatic heterocycles. The summed E-state index contributed by atoms with van der Waals surface area (Å²) in [5.41, 5.74) is 6.28. The first kappa shape index (κ1) is 22.3. The van der Waals surface area contributed by atoms with E-state index in [0.717, 1.165) is 11.1 Å². The first-order valence-corrected chi connectivity index (χ1v) is 9.82. The molecular weight excluding hydrogens is 471 g/mol. The van der Waals surface area contributed by atoms with Crippen molar-refractivity contribution in [1.82, 2.24) is 10.9 Å². The first-order chi connectivity index (χ1) is 13.2. The maximum absolute atomic E-state index is 12.1. The molecule has 6 nitrogen and oxygen atoms in total. The summed E-state index contributed by atoms with van der Waals surface area (Å²) in [6.45, 7) is 4.99. The molecule has 0 aliphatic rings. The zero-order chi connectivity index (χ0) is 20.8. The van der Waals surface area contributed by atoms with Gasteiger partial charge in [-0.25, -0.2) is 0 Å². The zero-order valence-electron chi connectivity index (χ0n) is 15.4. The van der Waals surface area contributed by atoms with Gasteiger partial charge in [0.15, 0.2) is 12.7 Å². The summed E-state index contributed by atoms with van der Waals surface area (Å²) in [5.74, 6) is -0.0628. The van der Waals surface area contributed by atoms with Crippen molar-refractivity contribution in [3.05, 3.63) is 56.0 Å². The number of ether oxygens (including phenoxy) is 2. The number of halogens is 3. The van der Waals surface area contributed by atoms with Gasteiger partial charge in [0, 0.05) is 10.0 Å². The summed E-state index contributed by atoms with van der Waals surface area (Å²) in [6, 6.07) is 8.41. The molecule has 0 saturated heterocycles. The third-order valence-corrected chi connectivity index (χ3v) is 5.12. The third kappa shape index (κ3) is 6.29. The van der Waals surface area contributed by atoms with E-state index in [2.05, 4.69) is 26.8 Å². The van der Waals surface area contributed by atoms with Crippen LogP contribution in [0.1, 0.15) is 18.1 Å². The number of carbonyl (C=O) groups excluding carboxylic acids is 2. The zero-order valence-corrected chi connectivity index (χ0v) is 18.5. The molecule has 0 aliphatic carbocycles. The van der Waals surface area contributed by atoms with Crippen LogP contribution in [0.2, 0.25) is 10.0 Å². The lowest BCUT2D eigenvalue weighted by molar-refractivity contribution is -0.133. The molecule has 0 aromatic heterocycles. The monoisotopic (exact) mass is 488 g/mol. The van der Waals surface area contributed by atoms with Gasteiger partial charge in [-0.15, -0.1) is 0 Å². The predicted octanol–water partition coefficient (Wildman–Crippen LogP) is 4.37. The van der Waals surface area contributed by atoms with Crippen molar-refractivity contribution in [3.63, 3.8) is 0 Å². The highest BCUT2D eigenvalue weighted by Crippen LogP contribution is 2.29. The smallest absolute Gasteiger partial charge is 0.279 e. The lowest BCUT2D eigenvalue weighted by Gasteiger charge is -2.16. The maximum Gasteiger partial charge on any atom is 0.279 e. The molecule has 2 N–H and O–H groups in total. The number of rotatable bonds is 6. The molecule has 0 radical (unpaired) electrons. The molecule has 150 valence electrons. The summed E-state index contributed by atoms with van der Waals surface area (Å²) in [5, 5.41) is 1.19. The van der Waals surface area contributed by atoms with Gasteiger partial charge in [-0.1, -0.05) is 23.2 Å². The normalized spacial score (nSPS) is 11.5. The van der Waals surface area contributed by atoms with Crippen molar-refractivity contribution in [1.29, 1.82) is 0 Å². The molecule has 2 amide bonds. The second-order valence-electron chi connectivity index (χ2n) is 6.03. The Labute approximate surface area is 181 Å². The Kier molecular flexibility index (Phi) is 7.98. The summed E-state index contributed by atoms with van der Waals surface area (Å²) < 4.78 is 11.6. The van der Waals surface area contributed by atoms with Crippen LogP contribution in [-0.2, 0) is 9.59 Å². The fourth-order valence-corrected chi connectivity index (χ4v) is 3.11. The number of aryl methyl sites for hydroxylation is 2. The van der Waals surface area contributed by atoms with E-state index in [0.29, 0.717) is 26.0 Å². The summed E-state index contributed by atoms with van der Waals surface area (Å²) in [4.78, 5) is 24.0. The van der Waals surface area contributed by atoms with E-state index in [1.54, 1.807) is 37.3 Å².